The predicted molar refractivity (Wildman–Crippen MR) is 129 cm³/mol. The molecule has 0 radical (unpaired) electrons. The number of hydrogen-bond donors (Lipinski definition) is 2. The van der Waals surface area contributed by atoms with Crippen molar-refractivity contribution in [3.05, 3.63) is 77.2 Å². The number of halogens is 3. The van der Waals surface area contributed by atoms with Crippen LogP contribution in [0.2, 0.25) is 0 Å². The van der Waals surface area contributed by atoms with E-state index < -0.39 is 23.1 Å². The molecule has 0 aliphatic carbocycles. The van der Waals surface area contributed by atoms with E-state index in [2.05, 4.69) is 22.1 Å². The molecule has 4 aromatic rings. The molecule has 2 aromatic carbocycles. The summed E-state index contributed by atoms with van der Waals surface area (Å²) in [6.45, 7) is 4.50. The van der Waals surface area contributed by atoms with Crippen LogP contribution < -0.4 is 0 Å². The van der Waals surface area contributed by atoms with Gasteiger partial charge in [0.05, 0.1) is 24.0 Å². The Balaban J connectivity index is 1.56. The largest absolute Gasteiger partial charge is 0.461 e. The number of rotatable bonds is 5. The quantitative estimate of drug-likeness (QED) is 0.306. The third kappa shape index (κ3) is 4.39. The summed E-state index contributed by atoms with van der Waals surface area (Å²) in [6.07, 6.45) is -3.61. The van der Waals surface area contributed by atoms with Crippen LogP contribution in [-0.4, -0.2) is 34.4 Å². The number of hydrogen-bond acceptors (Lipinski definition) is 4. The number of carbonyl (C=O) groups excluding carboxylic acids is 1. The Morgan fingerprint density at radius 3 is 2.78 bits per heavy atom. The maximum Gasteiger partial charge on any atom is 0.416 e. The van der Waals surface area contributed by atoms with Crippen LogP contribution in [0.1, 0.15) is 60.2 Å². The number of alkyl halides is 3. The molecule has 188 valence electrons. The molecule has 6 nitrogen and oxygen atoms in total. The second kappa shape index (κ2) is 9.13. The first kappa shape index (κ1) is 24.1. The van der Waals surface area contributed by atoms with Crippen LogP contribution in [0.25, 0.3) is 22.0 Å². The number of ether oxygens (including phenoxy) is 2. The Hall–Kier alpha value is -3.59. The van der Waals surface area contributed by atoms with Gasteiger partial charge in [-0.05, 0) is 49.6 Å². The van der Waals surface area contributed by atoms with Crippen LogP contribution in [0.15, 0.2) is 54.6 Å². The van der Waals surface area contributed by atoms with Crippen LogP contribution in [-0.2, 0) is 21.1 Å². The number of nitrogens with zero attached hydrogens (tertiary/aromatic N) is 1. The molecule has 2 aromatic heterocycles. The van der Waals surface area contributed by atoms with Crippen LogP contribution in [0.4, 0.5) is 13.2 Å². The maximum absolute atomic E-state index is 13.5. The van der Waals surface area contributed by atoms with E-state index in [-0.39, 0.29) is 18.4 Å². The monoisotopic (exact) mass is 497 g/mol. The predicted octanol–water partition coefficient (Wildman–Crippen LogP) is 6.56. The number of aromatic amines is 2. The molecule has 2 unspecified atom stereocenters. The molecular weight excluding hydrogens is 471 g/mol. The van der Waals surface area contributed by atoms with E-state index in [0.717, 1.165) is 28.2 Å². The number of fused-ring (bicyclic) bond motifs is 1. The number of para-hydroxylation sites is 1. The normalized spacial score (nSPS) is 20.5. The van der Waals surface area contributed by atoms with E-state index in [1.54, 1.807) is 19.1 Å². The summed E-state index contributed by atoms with van der Waals surface area (Å²) in [5.74, 6) is -0.513. The first-order valence-electron chi connectivity index (χ1n) is 11.8. The zero-order valence-electron chi connectivity index (χ0n) is 19.9. The second-order valence-electron chi connectivity index (χ2n) is 9.30. The molecule has 3 heterocycles. The van der Waals surface area contributed by atoms with Gasteiger partial charge in [0.2, 0.25) is 0 Å². The Kier molecular flexibility index (Phi) is 6.12. The molecule has 9 heteroatoms. The molecule has 0 bridgehead atoms. The highest BCUT2D eigenvalue weighted by molar-refractivity contribution is 5.98. The summed E-state index contributed by atoms with van der Waals surface area (Å²) in [4.78, 5) is 15.6. The summed E-state index contributed by atoms with van der Waals surface area (Å²) in [5.41, 5.74) is 2.69. The van der Waals surface area contributed by atoms with Crippen molar-refractivity contribution in [2.45, 2.75) is 44.4 Å². The third-order valence-corrected chi connectivity index (χ3v) is 6.83. The molecular formula is C27H26F3N3O3. The molecule has 1 aliphatic rings. The van der Waals surface area contributed by atoms with Gasteiger partial charge >= 0.3 is 12.1 Å². The Morgan fingerprint density at radius 1 is 1.19 bits per heavy atom. The Bertz CT molecular complexity index is 1410. The van der Waals surface area contributed by atoms with Gasteiger partial charge in [-0.15, -0.1) is 0 Å². The van der Waals surface area contributed by atoms with Crippen LogP contribution in [0, 0.1) is 0 Å². The van der Waals surface area contributed by atoms with Gasteiger partial charge in [0, 0.05) is 34.2 Å². The lowest BCUT2D eigenvalue weighted by atomic mass is 9.74. The summed E-state index contributed by atoms with van der Waals surface area (Å²) in [6, 6.07) is 14.7. The lowest BCUT2D eigenvalue weighted by Gasteiger charge is -2.38. The van der Waals surface area contributed by atoms with Crippen molar-refractivity contribution >= 4 is 16.9 Å². The average molecular weight is 498 g/mol. The van der Waals surface area contributed by atoms with Gasteiger partial charge in [-0.1, -0.05) is 37.3 Å². The van der Waals surface area contributed by atoms with Crippen molar-refractivity contribution in [2.75, 3.05) is 13.2 Å². The smallest absolute Gasteiger partial charge is 0.416 e. The molecule has 0 saturated carbocycles. The molecule has 1 aliphatic heterocycles. The Labute approximate surface area is 205 Å². The number of aromatic nitrogens is 3. The lowest BCUT2D eigenvalue weighted by Crippen LogP contribution is -2.33. The first-order valence-corrected chi connectivity index (χ1v) is 11.8. The zero-order valence-corrected chi connectivity index (χ0v) is 19.9. The van der Waals surface area contributed by atoms with Gasteiger partial charge in [0.1, 0.15) is 0 Å². The van der Waals surface area contributed by atoms with Crippen molar-refractivity contribution in [1.29, 1.82) is 0 Å². The van der Waals surface area contributed by atoms with Gasteiger partial charge in [-0.3, -0.25) is 5.10 Å². The van der Waals surface area contributed by atoms with Crippen molar-refractivity contribution in [1.82, 2.24) is 15.2 Å². The molecule has 1 fully saturated rings. The average Bonchev–Trinajstić information content (AvgIpc) is 3.50. The van der Waals surface area contributed by atoms with E-state index in [9.17, 15) is 18.0 Å². The fourth-order valence-electron chi connectivity index (χ4n) is 4.98. The van der Waals surface area contributed by atoms with Gasteiger partial charge in [-0.25, -0.2) is 4.79 Å². The number of benzene rings is 2. The highest BCUT2D eigenvalue weighted by Crippen LogP contribution is 2.47. The molecule has 2 atom stereocenters. The van der Waals surface area contributed by atoms with E-state index in [1.807, 2.05) is 24.3 Å². The first-order chi connectivity index (χ1) is 17.2. The van der Waals surface area contributed by atoms with Crippen LogP contribution >= 0.6 is 0 Å². The highest BCUT2D eigenvalue weighted by atomic mass is 19.4. The Morgan fingerprint density at radius 2 is 2.00 bits per heavy atom. The van der Waals surface area contributed by atoms with Gasteiger partial charge < -0.3 is 14.5 Å². The lowest BCUT2D eigenvalue weighted by molar-refractivity contribution is -0.137. The standard InChI is InChI=1S/C27H26F3N3O3/c1-3-35-25(34)21-14-20(32-33-21)22-15-26(2,11-12-36-22)24-23(18-9-4-5-10-19(18)31-24)16-7-6-8-17(13-16)27(28,29)30/h4-10,13-14,22,31H,3,11-12,15H2,1-2H3,(H,32,33). The van der Waals surface area contributed by atoms with Crippen molar-refractivity contribution in [3.63, 3.8) is 0 Å². The van der Waals surface area contributed by atoms with Gasteiger partial charge in [0.25, 0.3) is 0 Å². The molecule has 2 N–H and O–H groups in total. The fourth-order valence-corrected chi connectivity index (χ4v) is 4.98. The van der Waals surface area contributed by atoms with Crippen molar-refractivity contribution in [2.24, 2.45) is 0 Å². The summed E-state index contributed by atoms with van der Waals surface area (Å²) >= 11 is 0. The number of nitrogens with one attached hydrogen (secondary N) is 2. The molecule has 0 amide bonds. The molecule has 0 spiro atoms. The molecule has 1 saturated heterocycles. The summed E-state index contributed by atoms with van der Waals surface area (Å²) in [7, 11) is 0. The highest BCUT2D eigenvalue weighted by Gasteiger charge is 2.40. The topological polar surface area (TPSA) is 80.0 Å². The van der Waals surface area contributed by atoms with E-state index in [0.29, 0.717) is 30.7 Å². The van der Waals surface area contributed by atoms with Crippen molar-refractivity contribution < 1.29 is 27.4 Å². The number of carbonyl (C=O) groups is 1. The summed E-state index contributed by atoms with van der Waals surface area (Å²) < 4.78 is 51.7. The SMILES string of the molecule is CCOC(=O)c1cc(C2CC(C)(c3[nH]c4ccccc4c3-c3cccc(C(F)(F)F)c3)CCO2)[nH]n1. The van der Waals surface area contributed by atoms with E-state index in [4.69, 9.17) is 9.47 Å². The van der Waals surface area contributed by atoms with Crippen LogP contribution in [0.3, 0.4) is 0 Å². The minimum Gasteiger partial charge on any atom is -0.461 e. The third-order valence-electron chi connectivity index (χ3n) is 6.83. The second-order valence-corrected chi connectivity index (χ2v) is 9.30. The van der Waals surface area contributed by atoms with E-state index >= 15 is 0 Å². The summed E-state index contributed by atoms with van der Waals surface area (Å²) in [5, 5.41) is 7.82. The fraction of sp³-hybridized carbons (Fsp3) is 0.333. The van der Waals surface area contributed by atoms with Gasteiger partial charge in [-0.2, -0.15) is 18.3 Å². The molecule has 36 heavy (non-hydrogen) atoms. The number of H-pyrrole nitrogens is 2. The minimum atomic E-state index is -4.44. The maximum atomic E-state index is 13.5. The number of esters is 1. The van der Waals surface area contributed by atoms with Crippen molar-refractivity contribution in [3.8, 4) is 11.1 Å². The van der Waals surface area contributed by atoms with Crippen LogP contribution in [0.5, 0.6) is 0 Å². The minimum absolute atomic E-state index is 0.179. The van der Waals surface area contributed by atoms with Gasteiger partial charge in [0.15, 0.2) is 5.69 Å². The van der Waals surface area contributed by atoms with E-state index in [1.165, 1.54) is 12.1 Å². The molecule has 5 rings (SSSR count). The zero-order chi connectivity index (χ0) is 25.5.